The molecule has 0 spiro atoms. The van der Waals surface area contributed by atoms with Gasteiger partial charge in [-0.3, -0.25) is 9.59 Å². The van der Waals surface area contributed by atoms with Crippen LogP contribution in [0.4, 0.5) is 5.69 Å². The van der Waals surface area contributed by atoms with Crippen molar-refractivity contribution in [1.82, 2.24) is 9.78 Å². The van der Waals surface area contributed by atoms with Gasteiger partial charge in [-0.1, -0.05) is 48.9 Å². The third kappa shape index (κ3) is 4.25. The smallest absolute Gasteiger partial charge is 0.267 e. The third-order valence-electron chi connectivity index (χ3n) is 4.15. The van der Waals surface area contributed by atoms with Crippen molar-refractivity contribution >= 4 is 11.6 Å². The van der Waals surface area contributed by atoms with Crippen LogP contribution in [-0.4, -0.2) is 15.7 Å². The van der Waals surface area contributed by atoms with E-state index in [-0.39, 0.29) is 18.0 Å². The normalized spacial score (nSPS) is 10.5. The number of rotatable bonds is 5. The molecule has 3 rings (SSSR count). The molecule has 1 amide bonds. The summed E-state index contributed by atoms with van der Waals surface area (Å²) in [6.45, 7) is 3.95. The molecule has 0 unspecified atom stereocenters. The van der Waals surface area contributed by atoms with Crippen LogP contribution in [0.1, 0.15) is 18.1 Å². The number of carbonyl (C=O) groups excluding carboxylic acids is 1. The Morgan fingerprint density at radius 3 is 2.35 bits per heavy atom. The standard InChI is InChI=1S/C21H21N3O2/c1-3-16-6-10-18(11-7-16)22-20(25)14-24-21(26)13-12-19(23-24)17-8-4-15(2)5-9-17/h4-13H,3,14H2,1-2H3,(H,22,25). The van der Waals surface area contributed by atoms with Gasteiger partial charge in [0.05, 0.1) is 5.69 Å². The Kier molecular flexibility index (Phi) is 5.27. The van der Waals surface area contributed by atoms with Crippen LogP contribution < -0.4 is 10.9 Å². The van der Waals surface area contributed by atoms with Crippen molar-refractivity contribution in [2.45, 2.75) is 26.8 Å². The van der Waals surface area contributed by atoms with E-state index in [0.717, 1.165) is 17.5 Å². The Hall–Kier alpha value is -3.21. The van der Waals surface area contributed by atoms with E-state index in [2.05, 4.69) is 17.3 Å². The van der Waals surface area contributed by atoms with Crippen LogP contribution >= 0.6 is 0 Å². The zero-order chi connectivity index (χ0) is 18.5. The number of nitrogens with one attached hydrogen (secondary N) is 1. The summed E-state index contributed by atoms with van der Waals surface area (Å²) in [6.07, 6.45) is 0.944. The van der Waals surface area contributed by atoms with Crippen molar-refractivity contribution in [1.29, 1.82) is 0 Å². The lowest BCUT2D eigenvalue weighted by Crippen LogP contribution is -2.29. The highest BCUT2D eigenvalue weighted by Crippen LogP contribution is 2.16. The molecule has 0 saturated heterocycles. The number of hydrogen-bond acceptors (Lipinski definition) is 3. The Labute approximate surface area is 152 Å². The second-order valence-corrected chi connectivity index (χ2v) is 6.18. The monoisotopic (exact) mass is 347 g/mol. The molecule has 0 aliphatic carbocycles. The molecule has 5 nitrogen and oxygen atoms in total. The van der Waals surface area contributed by atoms with E-state index in [4.69, 9.17) is 0 Å². The average Bonchev–Trinajstić information content (AvgIpc) is 2.65. The first kappa shape index (κ1) is 17.6. The van der Waals surface area contributed by atoms with Gasteiger partial charge in [-0.05, 0) is 37.1 Å². The van der Waals surface area contributed by atoms with Crippen LogP contribution in [-0.2, 0) is 17.8 Å². The summed E-state index contributed by atoms with van der Waals surface area (Å²) in [5, 5.41) is 7.12. The molecular weight excluding hydrogens is 326 g/mol. The Morgan fingerprint density at radius 2 is 1.69 bits per heavy atom. The first-order chi connectivity index (χ1) is 12.5. The summed E-state index contributed by atoms with van der Waals surface area (Å²) >= 11 is 0. The zero-order valence-corrected chi connectivity index (χ0v) is 14.9. The zero-order valence-electron chi connectivity index (χ0n) is 14.9. The van der Waals surface area contributed by atoms with Gasteiger partial charge < -0.3 is 5.32 Å². The number of carbonyl (C=O) groups is 1. The molecule has 0 aliphatic heterocycles. The number of hydrogen-bond donors (Lipinski definition) is 1. The second kappa shape index (κ2) is 7.78. The molecule has 2 aromatic carbocycles. The summed E-state index contributed by atoms with van der Waals surface area (Å²) < 4.78 is 1.19. The van der Waals surface area contributed by atoms with E-state index in [1.807, 2.05) is 55.5 Å². The van der Waals surface area contributed by atoms with Crippen molar-refractivity contribution < 1.29 is 4.79 Å². The van der Waals surface area contributed by atoms with Crippen LogP contribution in [0.5, 0.6) is 0 Å². The molecule has 5 heteroatoms. The molecule has 132 valence electrons. The highest BCUT2D eigenvalue weighted by atomic mass is 16.2. The van der Waals surface area contributed by atoms with Crippen LogP contribution in [0.2, 0.25) is 0 Å². The van der Waals surface area contributed by atoms with Crippen molar-refractivity contribution in [3.63, 3.8) is 0 Å². The molecule has 1 aromatic heterocycles. The van der Waals surface area contributed by atoms with Crippen molar-refractivity contribution in [2.75, 3.05) is 5.32 Å². The van der Waals surface area contributed by atoms with E-state index in [9.17, 15) is 9.59 Å². The van der Waals surface area contributed by atoms with Crippen molar-refractivity contribution in [3.05, 3.63) is 82.1 Å². The number of benzene rings is 2. The van der Waals surface area contributed by atoms with Crippen LogP contribution in [0.15, 0.2) is 65.5 Å². The summed E-state index contributed by atoms with van der Waals surface area (Å²) in [7, 11) is 0. The van der Waals surface area contributed by atoms with Crippen LogP contribution in [0, 0.1) is 6.92 Å². The van der Waals surface area contributed by atoms with E-state index >= 15 is 0 Å². The second-order valence-electron chi connectivity index (χ2n) is 6.18. The quantitative estimate of drug-likeness (QED) is 0.769. The first-order valence-corrected chi connectivity index (χ1v) is 8.59. The van der Waals surface area contributed by atoms with Gasteiger partial charge in [0.1, 0.15) is 6.54 Å². The topological polar surface area (TPSA) is 64.0 Å². The van der Waals surface area contributed by atoms with Gasteiger partial charge in [0, 0.05) is 17.3 Å². The number of amides is 1. The highest BCUT2D eigenvalue weighted by Gasteiger charge is 2.08. The molecule has 0 saturated carbocycles. The van der Waals surface area contributed by atoms with E-state index < -0.39 is 0 Å². The molecule has 0 atom stereocenters. The Morgan fingerprint density at radius 1 is 1.00 bits per heavy atom. The summed E-state index contributed by atoms with van der Waals surface area (Å²) in [6, 6.07) is 18.6. The molecule has 0 bridgehead atoms. The maximum Gasteiger partial charge on any atom is 0.267 e. The van der Waals surface area contributed by atoms with Crippen molar-refractivity contribution in [2.24, 2.45) is 0 Å². The van der Waals surface area contributed by atoms with Gasteiger partial charge in [0.15, 0.2) is 0 Å². The molecule has 0 fully saturated rings. The van der Waals surface area contributed by atoms with E-state index in [0.29, 0.717) is 11.4 Å². The fraction of sp³-hybridized carbons (Fsp3) is 0.190. The lowest BCUT2D eigenvalue weighted by Gasteiger charge is -2.09. The largest absolute Gasteiger partial charge is 0.324 e. The third-order valence-corrected chi connectivity index (χ3v) is 4.15. The SMILES string of the molecule is CCc1ccc(NC(=O)Cn2nc(-c3ccc(C)cc3)ccc2=O)cc1. The number of nitrogens with zero attached hydrogens (tertiary/aromatic N) is 2. The minimum absolute atomic E-state index is 0.131. The maximum atomic E-state index is 12.3. The Bertz CT molecular complexity index is 958. The number of aromatic nitrogens is 2. The number of aryl methyl sites for hydroxylation is 2. The summed E-state index contributed by atoms with van der Waals surface area (Å²) in [5.74, 6) is -0.287. The first-order valence-electron chi connectivity index (χ1n) is 8.59. The van der Waals surface area contributed by atoms with Crippen LogP contribution in [0.25, 0.3) is 11.3 Å². The van der Waals surface area contributed by atoms with Gasteiger partial charge >= 0.3 is 0 Å². The van der Waals surface area contributed by atoms with Gasteiger partial charge in [-0.15, -0.1) is 0 Å². The van der Waals surface area contributed by atoms with Gasteiger partial charge in [-0.2, -0.15) is 5.10 Å². The van der Waals surface area contributed by atoms with Crippen molar-refractivity contribution in [3.8, 4) is 11.3 Å². The molecule has 0 radical (unpaired) electrons. The lowest BCUT2D eigenvalue weighted by molar-refractivity contribution is -0.117. The van der Waals surface area contributed by atoms with E-state index in [1.54, 1.807) is 6.07 Å². The fourth-order valence-corrected chi connectivity index (χ4v) is 2.60. The minimum Gasteiger partial charge on any atom is -0.324 e. The molecule has 3 aromatic rings. The Balaban J connectivity index is 1.75. The molecular formula is C21H21N3O2. The number of anilines is 1. The highest BCUT2D eigenvalue weighted by molar-refractivity contribution is 5.90. The molecule has 26 heavy (non-hydrogen) atoms. The predicted octanol–water partition coefficient (Wildman–Crippen LogP) is 3.42. The minimum atomic E-state index is -0.308. The molecule has 1 heterocycles. The predicted molar refractivity (Wildman–Crippen MR) is 103 cm³/mol. The molecule has 0 aliphatic rings. The van der Waals surface area contributed by atoms with Crippen LogP contribution in [0.3, 0.4) is 0 Å². The van der Waals surface area contributed by atoms with E-state index in [1.165, 1.54) is 16.3 Å². The van der Waals surface area contributed by atoms with Gasteiger partial charge in [0.25, 0.3) is 5.56 Å². The van der Waals surface area contributed by atoms with Gasteiger partial charge in [-0.25, -0.2) is 4.68 Å². The fourth-order valence-electron chi connectivity index (χ4n) is 2.60. The average molecular weight is 347 g/mol. The van der Waals surface area contributed by atoms with Gasteiger partial charge in [0.2, 0.25) is 5.91 Å². The lowest BCUT2D eigenvalue weighted by atomic mass is 10.1. The summed E-state index contributed by atoms with van der Waals surface area (Å²) in [4.78, 5) is 24.3. The summed E-state index contributed by atoms with van der Waals surface area (Å²) in [5.41, 5.74) is 4.30. The maximum absolute atomic E-state index is 12.3. The molecule has 1 N–H and O–H groups in total.